The molecule has 7 heteroatoms. The van der Waals surface area contributed by atoms with Crippen LogP contribution in [0.15, 0.2) is 27.8 Å². The lowest BCUT2D eigenvalue weighted by Crippen LogP contribution is -2.44. The van der Waals surface area contributed by atoms with Crippen molar-refractivity contribution < 1.29 is 5.11 Å². The van der Waals surface area contributed by atoms with Crippen LogP contribution in [0.25, 0.3) is 10.9 Å². The second-order valence-electron chi connectivity index (χ2n) is 5.20. The lowest BCUT2D eigenvalue weighted by atomic mass is 10.1. The van der Waals surface area contributed by atoms with Gasteiger partial charge in [0.1, 0.15) is 5.75 Å². The lowest BCUT2D eigenvalue weighted by molar-refractivity contribution is 0.347. The number of hydrogen-bond acceptors (Lipinski definition) is 4. The van der Waals surface area contributed by atoms with Gasteiger partial charge in [-0.2, -0.15) is 0 Å². The van der Waals surface area contributed by atoms with Gasteiger partial charge in [0.15, 0.2) is 0 Å². The molecule has 0 amide bonds. The van der Waals surface area contributed by atoms with Gasteiger partial charge in [-0.3, -0.25) is 13.9 Å². The van der Waals surface area contributed by atoms with Crippen LogP contribution in [0.3, 0.4) is 0 Å². The fourth-order valence-electron chi connectivity index (χ4n) is 2.85. The van der Waals surface area contributed by atoms with Crippen molar-refractivity contribution in [1.82, 2.24) is 14.5 Å². The molecule has 1 aliphatic rings. The van der Waals surface area contributed by atoms with E-state index in [0.29, 0.717) is 10.9 Å². The zero-order valence-corrected chi connectivity index (χ0v) is 13.4. The van der Waals surface area contributed by atoms with Crippen molar-refractivity contribution in [3.63, 3.8) is 0 Å². The Morgan fingerprint density at radius 2 is 1.90 bits per heavy atom. The van der Waals surface area contributed by atoms with Gasteiger partial charge in [0.25, 0.3) is 5.56 Å². The number of phenolic OH excluding ortho intramolecular Hbond substituents is 1. The molecule has 0 aliphatic carbocycles. The molecule has 1 aromatic heterocycles. The molecule has 1 fully saturated rings. The molecule has 6 nitrogen and oxygen atoms in total. The largest absolute Gasteiger partial charge is 0.508 e. The average molecular weight is 356 g/mol. The maximum absolute atomic E-state index is 12.6. The third-order valence-electron chi connectivity index (χ3n) is 3.96. The first-order valence-corrected chi connectivity index (χ1v) is 6.74. The van der Waals surface area contributed by atoms with Gasteiger partial charge in [-0.1, -0.05) is 0 Å². The Labute approximate surface area is 131 Å². The zero-order chi connectivity index (χ0) is 14.3. The summed E-state index contributed by atoms with van der Waals surface area (Å²) in [6.45, 7) is 1.63. The van der Waals surface area contributed by atoms with Crippen molar-refractivity contribution in [1.29, 1.82) is 0 Å². The Kier molecular flexibility index (Phi) is 4.53. The Hall–Kier alpha value is -1.60. The third-order valence-corrected chi connectivity index (χ3v) is 3.96. The van der Waals surface area contributed by atoms with E-state index in [1.54, 1.807) is 13.1 Å². The zero-order valence-electron chi connectivity index (χ0n) is 11.7. The predicted octanol–water partition coefficient (Wildman–Crippen LogP) is 0.908. The molecule has 0 spiro atoms. The number of piperidine rings is 1. The molecular formula is C14H18BrN3O3. The molecule has 2 N–H and O–H groups in total. The molecule has 114 valence electrons. The molecule has 2 aromatic rings. The highest BCUT2D eigenvalue weighted by Crippen LogP contribution is 2.18. The summed E-state index contributed by atoms with van der Waals surface area (Å²) in [6.07, 6.45) is 1.55. The minimum absolute atomic E-state index is 0. The quantitative estimate of drug-likeness (QED) is 0.797. The summed E-state index contributed by atoms with van der Waals surface area (Å²) >= 11 is 0. The van der Waals surface area contributed by atoms with Gasteiger partial charge in [-0.05, 0) is 38.1 Å². The molecule has 0 saturated carbocycles. The maximum atomic E-state index is 12.6. The Balaban J connectivity index is 0.00000161. The smallest absolute Gasteiger partial charge is 0.331 e. The number of nitrogens with zero attached hydrogens (tertiary/aromatic N) is 2. The Morgan fingerprint density at radius 1 is 1.24 bits per heavy atom. The van der Waals surface area contributed by atoms with Gasteiger partial charge in [-0.15, -0.1) is 17.0 Å². The van der Waals surface area contributed by atoms with Crippen LogP contribution in [0, 0.1) is 0 Å². The second kappa shape index (κ2) is 6.03. The second-order valence-corrected chi connectivity index (χ2v) is 5.20. The van der Waals surface area contributed by atoms with Crippen LogP contribution in [-0.4, -0.2) is 27.3 Å². The van der Waals surface area contributed by atoms with Gasteiger partial charge < -0.3 is 10.4 Å². The molecule has 21 heavy (non-hydrogen) atoms. The normalized spacial score (nSPS) is 15.9. The molecule has 1 aliphatic heterocycles. The average Bonchev–Trinajstić information content (AvgIpc) is 2.46. The molecule has 1 aromatic carbocycles. The number of aromatic hydroxyl groups is 1. The molecule has 0 bridgehead atoms. The highest BCUT2D eigenvalue weighted by atomic mass is 79.9. The van der Waals surface area contributed by atoms with Crippen molar-refractivity contribution in [2.75, 3.05) is 13.1 Å². The van der Waals surface area contributed by atoms with Crippen LogP contribution in [-0.2, 0) is 7.05 Å². The van der Waals surface area contributed by atoms with Gasteiger partial charge >= 0.3 is 5.69 Å². The fourth-order valence-corrected chi connectivity index (χ4v) is 2.85. The number of halogens is 1. The predicted molar refractivity (Wildman–Crippen MR) is 86.6 cm³/mol. The molecule has 3 rings (SSSR count). The van der Waals surface area contributed by atoms with E-state index in [4.69, 9.17) is 0 Å². The lowest BCUT2D eigenvalue weighted by Gasteiger charge is -2.24. The SMILES string of the molecule is Br.Cn1c(=O)n(C2CCNCC2)c(=O)c2ccc(O)cc21. The van der Waals surface area contributed by atoms with Gasteiger partial charge in [0, 0.05) is 19.2 Å². The van der Waals surface area contributed by atoms with Crippen LogP contribution < -0.4 is 16.6 Å². The third kappa shape index (κ3) is 2.63. The van der Waals surface area contributed by atoms with E-state index in [1.807, 2.05) is 0 Å². The van der Waals surface area contributed by atoms with Crippen molar-refractivity contribution >= 4 is 27.9 Å². The van der Waals surface area contributed by atoms with Crippen molar-refractivity contribution in [2.24, 2.45) is 7.05 Å². The number of fused-ring (bicyclic) bond motifs is 1. The minimum Gasteiger partial charge on any atom is -0.508 e. The number of benzene rings is 1. The van der Waals surface area contributed by atoms with Crippen LogP contribution in [0.5, 0.6) is 5.75 Å². The first kappa shape index (κ1) is 15.8. The highest BCUT2D eigenvalue weighted by molar-refractivity contribution is 8.93. The fraction of sp³-hybridized carbons (Fsp3) is 0.429. The number of aromatic nitrogens is 2. The minimum atomic E-state index is -0.319. The van der Waals surface area contributed by atoms with Crippen LogP contribution in [0.2, 0.25) is 0 Å². The van der Waals surface area contributed by atoms with E-state index in [2.05, 4.69) is 5.32 Å². The molecular weight excluding hydrogens is 338 g/mol. The van der Waals surface area contributed by atoms with Crippen LogP contribution in [0.4, 0.5) is 0 Å². The Bertz CT molecular complexity index is 775. The summed E-state index contributed by atoms with van der Waals surface area (Å²) in [4.78, 5) is 25.0. The van der Waals surface area contributed by atoms with Crippen molar-refractivity contribution in [3.8, 4) is 5.75 Å². The van der Waals surface area contributed by atoms with E-state index < -0.39 is 0 Å². The first-order chi connectivity index (χ1) is 9.59. The molecule has 1 saturated heterocycles. The molecule has 0 radical (unpaired) electrons. The van der Waals surface area contributed by atoms with Crippen molar-refractivity contribution in [2.45, 2.75) is 18.9 Å². The van der Waals surface area contributed by atoms with Crippen LogP contribution >= 0.6 is 17.0 Å². The van der Waals surface area contributed by atoms with Gasteiger partial charge in [0.2, 0.25) is 0 Å². The van der Waals surface area contributed by atoms with E-state index in [-0.39, 0.29) is 40.0 Å². The summed E-state index contributed by atoms with van der Waals surface area (Å²) in [5.41, 5.74) is -0.125. The summed E-state index contributed by atoms with van der Waals surface area (Å²) in [5, 5.41) is 13.2. The number of phenols is 1. The summed E-state index contributed by atoms with van der Waals surface area (Å²) in [6, 6.07) is 4.44. The molecule has 0 unspecified atom stereocenters. The van der Waals surface area contributed by atoms with E-state index >= 15 is 0 Å². The highest BCUT2D eigenvalue weighted by Gasteiger charge is 2.21. The van der Waals surface area contributed by atoms with Gasteiger partial charge in [0.05, 0.1) is 10.9 Å². The van der Waals surface area contributed by atoms with Crippen molar-refractivity contribution in [3.05, 3.63) is 39.0 Å². The topological polar surface area (TPSA) is 76.3 Å². The maximum Gasteiger partial charge on any atom is 0.331 e. The number of rotatable bonds is 1. The summed E-state index contributed by atoms with van der Waals surface area (Å²) in [7, 11) is 1.63. The summed E-state index contributed by atoms with van der Waals surface area (Å²) in [5.74, 6) is 0.0477. The van der Waals surface area contributed by atoms with E-state index in [1.165, 1.54) is 21.3 Å². The standard InChI is InChI=1S/C14H17N3O3.BrH/c1-16-12-8-10(18)2-3-11(12)13(19)17(14(16)20)9-4-6-15-7-5-9;/h2-3,8-9,15,18H,4-7H2,1H3;1H. The first-order valence-electron chi connectivity index (χ1n) is 6.74. The molecule has 0 atom stereocenters. The number of nitrogens with one attached hydrogen (secondary N) is 1. The summed E-state index contributed by atoms with van der Waals surface area (Å²) < 4.78 is 2.79. The molecule has 2 heterocycles. The Morgan fingerprint density at radius 3 is 2.57 bits per heavy atom. The monoisotopic (exact) mass is 355 g/mol. The van der Waals surface area contributed by atoms with E-state index in [0.717, 1.165) is 25.9 Å². The number of aryl methyl sites for hydroxylation is 1. The van der Waals surface area contributed by atoms with Crippen LogP contribution in [0.1, 0.15) is 18.9 Å². The van der Waals surface area contributed by atoms with Gasteiger partial charge in [-0.25, -0.2) is 4.79 Å². The van der Waals surface area contributed by atoms with E-state index in [9.17, 15) is 14.7 Å². The number of hydrogen-bond donors (Lipinski definition) is 2.